The summed E-state index contributed by atoms with van der Waals surface area (Å²) in [6, 6.07) is 10.7. The van der Waals surface area contributed by atoms with Crippen molar-refractivity contribution in [2.75, 3.05) is 10.8 Å². The van der Waals surface area contributed by atoms with Crippen LogP contribution >= 0.6 is 15.9 Å². The second kappa shape index (κ2) is 7.14. The molecule has 0 saturated carbocycles. The number of para-hydroxylation sites is 1. The summed E-state index contributed by atoms with van der Waals surface area (Å²) in [5.41, 5.74) is 0.595. The van der Waals surface area contributed by atoms with E-state index in [1.807, 2.05) is 0 Å². The van der Waals surface area contributed by atoms with Gasteiger partial charge < -0.3 is 0 Å². The molecule has 0 N–H and O–H groups in total. The molecule has 2 aromatic rings. The van der Waals surface area contributed by atoms with E-state index in [1.54, 1.807) is 31.2 Å². The van der Waals surface area contributed by atoms with E-state index in [0.29, 0.717) is 15.7 Å². The normalized spacial score (nSPS) is 11.1. The van der Waals surface area contributed by atoms with Crippen molar-refractivity contribution < 1.29 is 13.3 Å². The monoisotopic (exact) mass is 410 g/mol. The lowest BCUT2D eigenvalue weighted by Gasteiger charge is -2.24. The average Bonchev–Trinajstić information content (AvgIpc) is 2.53. The van der Waals surface area contributed by atoms with Crippen LogP contribution < -0.4 is 4.31 Å². The van der Waals surface area contributed by atoms with Gasteiger partial charge in [0.1, 0.15) is 0 Å². The minimum atomic E-state index is -3.98. The Bertz CT molecular complexity index is 897. The van der Waals surface area contributed by atoms with Crippen LogP contribution in [0, 0.1) is 17.0 Å². The standard InChI is InChI=1S/C16H15BrN2O4S/c1-3-10-18(15-7-5-4-6-14(15)17)24(22,23)13-9-8-12(2)16(11-13)19(20)21/h3-9,11H,1,10H2,2H3. The zero-order chi connectivity index (χ0) is 17.9. The summed E-state index contributed by atoms with van der Waals surface area (Å²) in [5.74, 6) is 0. The lowest BCUT2D eigenvalue weighted by molar-refractivity contribution is -0.385. The van der Waals surface area contributed by atoms with Gasteiger partial charge in [-0.1, -0.05) is 24.3 Å². The fourth-order valence-corrected chi connectivity index (χ4v) is 4.26. The third kappa shape index (κ3) is 3.49. The number of hydrogen-bond donors (Lipinski definition) is 0. The molecular formula is C16H15BrN2O4S. The summed E-state index contributed by atoms with van der Waals surface area (Å²) in [6.07, 6.45) is 1.46. The second-order valence-corrected chi connectivity index (χ2v) is 7.70. The predicted molar refractivity (Wildman–Crippen MR) is 96.7 cm³/mol. The molecule has 0 atom stereocenters. The molecule has 0 aliphatic heterocycles. The Balaban J connectivity index is 2.62. The van der Waals surface area contributed by atoms with E-state index in [9.17, 15) is 18.5 Å². The van der Waals surface area contributed by atoms with Crippen molar-refractivity contribution in [3.05, 3.63) is 75.3 Å². The highest BCUT2D eigenvalue weighted by atomic mass is 79.9. The van der Waals surface area contributed by atoms with E-state index in [4.69, 9.17) is 0 Å². The van der Waals surface area contributed by atoms with Gasteiger partial charge in [0, 0.05) is 16.1 Å². The van der Waals surface area contributed by atoms with Crippen LogP contribution in [0.15, 0.2) is 64.5 Å². The average molecular weight is 411 g/mol. The molecule has 0 aliphatic carbocycles. The van der Waals surface area contributed by atoms with E-state index < -0.39 is 14.9 Å². The molecule has 0 amide bonds. The van der Waals surface area contributed by atoms with E-state index in [2.05, 4.69) is 22.5 Å². The van der Waals surface area contributed by atoms with Gasteiger partial charge >= 0.3 is 0 Å². The third-order valence-electron chi connectivity index (χ3n) is 3.38. The maximum absolute atomic E-state index is 13.0. The number of nitro benzene ring substituents is 1. The van der Waals surface area contributed by atoms with Crippen LogP contribution in [0.5, 0.6) is 0 Å². The zero-order valence-corrected chi connectivity index (χ0v) is 15.2. The molecule has 0 saturated heterocycles. The van der Waals surface area contributed by atoms with Gasteiger partial charge in [0.25, 0.3) is 15.7 Å². The van der Waals surface area contributed by atoms with E-state index in [-0.39, 0.29) is 17.1 Å². The fourth-order valence-electron chi connectivity index (χ4n) is 2.17. The Kier molecular flexibility index (Phi) is 5.40. The van der Waals surface area contributed by atoms with Crippen molar-refractivity contribution in [1.29, 1.82) is 0 Å². The van der Waals surface area contributed by atoms with Crippen LogP contribution in [-0.2, 0) is 10.0 Å². The Labute approximate surface area is 148 Å². The van der Waals surface area contributed by atoms with Crippen molar-refractivity contribution in [2.24, 2.45) is 0 Å². The summed E-state index contributed by atoms with van der Waals surface area (Å²) in [6.45, 7) is 5.19. The summed E-state index contributed by atoms with van der Waals surface area (Å²) >= 11 is 3.33. The molecule has 0 aromatic heterocycles. The number of nitrogens with zero attached hydrogens (tertiary/aromatic N) is 2. The Hall–Kier alpha value is -2.19. The van der Waals surface area contributed by atoms with Crippen molar-refractivity contribution >= 4 is 37.3 Å². The van der Waals surface area contributed by atoms with Crippen LogP contribution in [0.3, 0.4) is 0 Å². The first-order valence-electron chi connectivity index (χ1n) is 6.92. The molecule has 6 nitrogen and oxygen atoms in total. The highest BCUT2D eigenvalue weighted by molar-refractivity contribution is 9.10. The van der Waals surface area contributed by atoms with E-state index in [1.165, 1.54) is 18.2 Å². The Morgan fingerprint density at radius 2 is 1.96 bits per heavy atom. The molecule has 0 radical (unpaired) electrons. The number of sulfonamides is 1. The van der Waals surface area contributed by atoms with Gasteiger partial charge in [-0.05, 0) is 41.1 Å². The third-order valence-corrected chi connectivity index (χ3v) is 5.83. The molecule has 126 valence electrons. The van der Waals surface area contributed by atoms with Crippen molar-refractivity contribution in [3.63, 3.8) is 0 Å². The summed E-state index contributed by atoms with van der Waals surface area (Å²) < 4.78 is 27.7. The summed E-state index contributed by atoms with van der Waals surface area (Å²) in [7, 11) is -3.98. The number of rotatable bonds is 6. The summed E-state index contributed by atoms with van der Waals surface area (Å²) in [4.78, 5) is 10.4. The molecule has 0 heterocycles. The van der Waals surface area contributed by atoms with Crippen LogP contribution in [0.25, 0.3) is 0 Å². The molecular weight excluding hydrogens is 396 g/mol. The van der Waals surface area contributed by atoms with Crippen LogP contribution in [0.1, 0.15) is 5.56 Å². The Morgan fingerprint density at radius 1 is 1.29 bits per heavy atom. The number of nitro groups is 1. The van der Waals surface area contributed by atoms with Gasteiger partial charge in [0.2, 0.25) is 0 Å². The van der Waals surface area contributed by atoms with Crippen LogP contribution in [-0.4, -0.2) is 19.9 Å². The summed E-state index contributed by atoms with van der Waals surface area (Å²) in [5, 5.41) is 11.1. The van der Waals surface area contributed by atoms with Crippen LogP contribution in [0.2, 0.25) is 0 Å². The maximum atomic E-state index is 13.0. The molecule has 2 aromatic carbocycles. The largest absolute Gasteiger partial charge is 0.273 e. The highest BCUT2D eigenvalue weighted by Gasteiger charge is 2.27. The first kappa shape index (κ1) is 18.2. The number of anilines is 1. The quantitative estimate of drug-likeness (QED) is 0.408. The number of aryl methyl sites for hydroxylation is 1. The molecule has 0 spiro atoms. The van der Waals surface area contributed by atoms with Crippen molar-refractivity contribution in [1.82, 2.24) is 0 Å². The topological polar surface area (TPSA) is 80.5 Å². The molecule has 0 bridgehead atoms. The zero-order valence-electron chi connectivity index (χ0n) is 12.8. The van der Waals surface area contributed by atoms with Gasteiger partial charge in [0.15, 0.2) is 0 Å². The Morgan fingerprint density at radius 3 is 2.54 bits per heavy atom. The molecule has 8 heteroatoms. The lowest BCUT2D eigenvalue weighted by Crippen LogP contribution is -2.31. The number of benzene rings is 2. The van der Waals surface area contributed by atoms with Gasteiger partial charge in [-0.2, -0.15) is 0 Å². The first-order valence-corrected chi connectivity index (χ1v) is 9.15. The fraction of sp³-hybridized carbons (Fsp3) is 0.125. The van der Waals surface area contributed by atoms with Gasteiger partial charge in [-0.15, -0.1) is 6.58 Å². The number of hydrogen-bond acceptors (Lipinski definition) is 4. The molecule has 0 fully saturated rings. The molecule has 2 rings (SSSR count). The van der Waals surface area contributed by atoms with Gasteiger partial charge in [-0.25, -0.2) is 8.42 Å². The van der Waals surface area contributed by atoms with Crippen molar-refractivity contribution in [2.45, 2.75) is 11.8 Å². The van der Waals surface area contributed by atoms with Gasteiger partial charge in [-0.3, -0.25) is 14.4 Å². The molecule has 0 unspecified atom stereocenters. The van der Waals surface area contributed by atoms with E-state index in [0.717, 1.165) is 10.4 Å². The second-order valence-electron chi connectivity index (χ2n) is 4.98. The minimum Gasteiger partial charge on any atom is -0.261 e. The van der Waals surface area contributed by atoms with Crippen LogP contribution in [0.4, 0.5) is 11.4 Å². The van der Waals surface area contributed by atoms with E-state index >= 15 is 0 Å². The first-order chi connectivity index (χ1) is 11.3. The maximum Gasteiger partial charge on any atom is 0.273 e. The van der Waals surface area contributed by atoms with Crippen molar-refractivity contribution in [3.8, 4) is 0 Å². The minimum absolute atomic E-state index is 0.0343. The number of halogens is 1. The predicted octanol–water partition coefficient (Wildman–Crippen LogP) is 4.05. The highest BCUT2D eigenvalue weighted by Crippen LogP contribution is 2.32. The smallest absolute Gasteiger partial charge is 0.261 e. The lowest BCUT2D eigenvalue weighted by atomic mass is 10.2. The van der Waals surface area contributed by atoms with Gasteiger partial charge in [0.05, 0.1) is 22.1 Å². The molecule has 0 aliphatic rings. The molecule has 24 heavy (non-hydrogen) atoms. The SMILES string of the molecule is C=CCN(c1ccccc1Br)S(=O)(=O)c1ccc(C)c([N+](=O)[O-])c1.